The summed E-state index contributed by atoms with van der Waals surface area (Å²) < 4.78 is 5.08. The minimum Gasteiger partial charge on any atom is -0.447 e. The summed E-state index contributed by atoms with van der Waals surface area (Å²) in [4.78, 5) is 13.6. The second-order valence-electron chi connectivity index (χ2n) is 9.23. The van der Waals surface area contributed by atoms with Crippen molar-refractivity contribution >= 4 is 16.9 Å². The molecule has 2 aromatic carbocycles. The highest BCUT2D eigenvalue weighted by molar-refractivity contribution is 5.86. The van der Waals surface area contributed by atoms with E-state index >= 15 is 0 Å². The highest BCUT2D eigenvalue weighted by Crippen LogP contribution is 2.36. The lowest BCUT2D eigenvalue weighted by molar-refractivity contribution is 0.164. The molecule has 0 radical (unpaired) electrons. The minimum absolute atomic E-state index is 0.210. The number of nitrogens with one attached hydrogen (secondary N) is 1. The normalized spacial score (nSPS) is 27.3. The number of fused-ring (bicyclic) bond motifs is 1. The third-order valence-electron chi connectivity index (χ3n) is 7.28. The quantitative estimate of drug-likeness (QED) is 0.654. The Labute approximate surface area is 185 Å². The largest absolute Gasteiger partial charge is 0.447 e. The Kier molecular flexibility index (Phi) is 5.82. The van der Waals surface area contributed by atoms with Crippen LogP contribution >= 0.6 is 0 Å². The summed E-state index contributed by atoms with van der Waals surface area (Å²) >= 11 is 0. The molecule has 2 fully saturated rings. The van der Waals surface area contributed by atoms with Gasteiger partial charge in [0.05, 0.1) is 6.54 Å². The van der Waals surface area contributed by atoms with E-state index in [1.165, 1.54) is 42.0 Å². The van der Waals surface area contributed by atoms with Gasteiger partial charge in [0.25, 0.3) is 0 Å². The predicted octanol–water partition coefficient (Wildman–Crippen LogP) is 5.96. The summed E-state index contributed by atoms with van der Waals surface area (Å²) in [5, 5.41) is 6.61. The molecule has 5 rings (SSSR count). The van der Waals surface area contributed by atoms with Gasteiger partial charge in [-0.3, -0.25) is 4.90 Å². The first-order valence-electron chi connectivity index (χ1n) is 11.8. The van der Waals surface area contributed by atoms with Crippen molar-refractivity contribution in [2.45, 2.75) is 51.1 Å². The molecule has 4 heteroatoms. The summed E-state index contributed by atoms with van der Waals surface area (Å²) in [7, 11) is 0. The van der Waals surface area contributed by atoms with E-state index in [0.29, 0.717) is 37.1 Å². The molecule has 162 valence electrons. The molecule has 4 atom stereocenters. The highest BCUT2D eigenvalue weighted by Gasteiger charge is 2.31. The van der Waals surface area contributed by atoms with Gasteiger partial charge in [0, 0.05) is 17.8 Å². The third-order valence-corrected chi connectivity index (χ3v) is 7.28. The van der Waals surface area contributed by atoms with Crippen molar-refractivity contribution in [2.75, 3.05) is 13.2 Å². The first-order valence-corrected chi connectivity index (χ1v) is 11.8. The van der Waals surface area contributed by atoms with Crippen molar-refractivity contribution < 1.29 is 9.53 Å². The zero-order valence-electron chi connectivity index (χ0n) is 18.3. The summed E-state index contributed by atoms with van der Waals surface area (Å²) in [5.74, 6) is 1.27. The Balaban J connectivity index is 1.21. The molecule has 2 aromatic rings. The number of carbonyl (C=O) groups excluding carboxylic acids is 1. The van der Waals surface area contributed by atoms with Crippen molar-refractivity contribution in [1.29, 1.82) is 0 Å². The highest BCUT2D eigenvalue weighted by atomic mass is 16.6. The molecular weight excluding hydrogens is 384 g/mol. The van der Waals surface area contributed by atoms with Gasteiger partial charge < -0.3 is 10.1 Å². The zero-order valence-corrected chi connectivity index (χ0v) is 18.3. The Bertz CT molecular complexity index is 1010. The SMILES string of the molecule is C[C@@H](N[C@H]1CCC[C@H](C2C=CC(N3CCOC3=O)=CC2)C1)c1cccc2ccccc12. The molecular formula is C27H32N2O2. The number of benzene rings is 2. The minimum atomic E-state index is -0.210. The number of hydrogen-bond donors (Lipinski definition) is 1. The van der Waals surface area contributed by atoms with Crippen molar-refractivity contribution in [1.82, 2.24) is 10.2 Å². The number of allylic oxidation sites excluding steroid dienone is 3. The van der Waals surface area contributed by atoms with E-state index < -0.39 is 0 Å². The smallest absolute Gasteiger partial charge is 0.414 e. The lowest BCUT2D eigenvalue weighted by Gasteiger charge is -2.36. The van der Waals surface area contributed by atoms with Crippen LogP contribution in [0.25, 0.3) is 10.8 Å². The molecule has 1 heterocycles. The Morgan fingerprint density at radius 3 is 2.81 bits per heavy atom. The van der Waals surface area contributed by atoms with Crippen molar-refractivity contribution in [3.8, 4) is 0 Å². The van der Waals surface area contributed by atoms with Gasteiger partial charge in [0.2, 0.25) is 0 Å². The zero-order chi connectivity index (χ0) is 21.2. The number of nitrogens with zero attached hydrogens (tertiary/aromatic N) is 1. The molecule has 0 aromatic heterocycles. The molecule has 31 heavy (non-hydrogen) atoms. The molecule has 1 unspecified atom stereocenters. The monoisotopic (exact) mass is 416 g/mol. The summed E-state index contributed by atoms with van der Waals surface area (Å²) in [6.07, 6.45) is 12.6. The number of hydrogen-bond acceptors (Lipinski definition) is 3. The number of amides is 1. The lowest BCUT2D eigenvalue weighted by atomic mass is 9.75. The van der Waals surface area contributed by atoms with E-state index in [4.69, 9.17) is 4.74 Å². The maximum Gasteiger partial charge on any atom is 0.414 e. The topological polar surface area (TPSA) is 41.6 Å². The van der Waals surface area contributed by atoms with Crippen LogP contribution in [-0.2, 0) is 4.74 Å². The fourth-order valence-electron chi connectivity index (χ4n) is 5.64. The molecule has 1 saturated heterocycles. The average molecular weight is 417 g/mol. The molecule has 0 spiro atoms. The molecule has 0 bridgehead atoms. The summed E-state index contributed by atoms with van der Waals surface area (Å²) in [6, 6.07) is 16.2. The lowest BCUT2D eigenvalue weighted by Crippen LogP contribution is -2.37. The van der Waals surface area contributed by atoms with Crippen molar-refractivity contribution in [3.63, 3.8) is 0 Å². The van der Waals surface area contributed by atoms with E-state index in [-0.39, 0.29) is 6.09 Å². The number of rotatable bonds is 5. The van der Waals surface area contributed by atoms with Crippen molar-refractivity contribution in [2.24, 2.45) is 11.8 Å². The standard InChI is InChI=1S/C27H32N2O2/c1-19(25-11-5-7-21-6-2-3-10-26(21)25)28-23-9-4-8-22(18-23)20-12-14-24(15-13-20)29-16-17-31-27(29)30/h2-3,5-7,10-12,14-15,19-20,22-23,28H,4,8-9,13,16-18H2,1H3/t19-,20?,22+,23+/m1/s1. The van der Waals surface area contributed by atoms with Gasteiger partial charge in [-0.25, -0.2) is 4.79 Å². The van der Waals surface area contributed by atoms with Crippen molar-refractivity contribution in [3.05, 3.63) is 72.0 Å². The van der Waals surface area contributed by atoms with Crippen LogP contribution in [0.4, 0.5) is 4.79 Å². The maximum absolute atomic E-state index is 11.8. The van der Waals surface area contributed by atoms with E-state index in [0.717, 1.165) is 12.1 Å². The molecule has 3 aliphatic rings. The van der Waals surface area contributed by atoms with Crippen LogP contribution in [0.1, 0.15) is 50.6 Å². The van der Waals surface area contributed by atoms with Crippen LogP contribution in [0.15, 0.2) is 66.4 Å². The number of carbonyl (C=O) groups is 1. The average Bonchev–Trinajstić information content (AvgIpc) is 3.25. The summed E-state index contributed by atoms with van der Waals surface area (Å²) in [5.41, 5.74) is 2.40. The van der Waals surface area contributed by atoms with Crippen LogP contribution < -0.4 is 5.32 Å². The van der Waals surface area contributed by atoms with Gasteiger partial charge in [-0.05, 0) is 66.9 Å². The molecule has 1 amide bonds. The van der Waals surface area contributed by atoms with E-state index in [1.807, 2.05) is 0 Å². The van der Waals surface area contributed by atoms with Gasteiger partial charge >= 0.3 is 6.09 Å². The van der Waals surface area contributed by atoms with Gasteiger partial charge in [-0.2, -0.15) is 0 Å². The van der Waals surface area contributed by atoms with Crippen LogP contribution in [0.3, 0.4) is 0 Å². The van der Waals surface area contributed by atoms with Gasteiger partial charge in [-0.1, -0.05) is 61.0 Å². The molecule has 4 nitrogen and oxygen atoms in total. The van der Waals surface area contributed by atoms with Crippen LogP contribution in [0, 0.1) is 11.8 Å². The van der Waals surface area contributed by atoms with E-state index in [1.54, 1.807) is 4.90 Å². The Morgan fingerprint density at radius 1 is 1.13 bits per heavy atom. The molecule has 2 aliphatic carbocycles. The molecule has 1 aliphatic heterocycles. The van der Waals surface area contributed by atoms with Gasteiger partial charge in [0.15, 0.2) is 0 Å². The first-order chi connectivity index (χ1) is 15.2. The third kappa shape index (κ3) is 4.27. The first kappa shape index (κ1) is 20.3. The molecule has 1 saturated carbocycles. The number of ether oxygens (including phenoxy) is 1. The summed E-state index contributed by atoms with van der Waals surface area (Å²) in [6.45, 7) is 3.47. The number of cyclic esters (lactones) is 1. The van der Waals surface area contributed by atoms with Gasteiger partial charge in [-0.15, -0.1) is 0 Å². The van der Waals surface area contributed by atoms with Crippen LogP contribution in [-0.4, -0.2) is 30.2 Å². The van der Waals surface area contributed by atoms with Crippen LogP contribution in [0.2, 0.25) is 0 Å². The maximum atomic E-state index is 11.8. The van der Waals surface area contributed by atoms with E-state index in [2.05, 4.69) is 72.9 Å². The fourth-order valence-corrected chi connectivity index (χ4v) is 5.64. The Hall–Kier alpha value is -2.59. The van der Waals surface area contributed by atoms with Crippen LogP contribution in [0.5, 0.6) is 0 Å². The fraction of sp³-hybridized carbons (Fsp3) is 0.444. The Morgan fingerprint density at radius 2 is 2.00 bits per heavy atom. The van der Waals surface area contributed by atoms with Gasteiger partial charge in [0.1, 0.15) is 6.61 Å². The second-order valence-corrected chi connectivity index (χ2v) is 9.23. The predicted molar refractivity (Wildman–Crippen MR) is 125 cm³/mol. The molecule has 1 N–H and O–H groups in total. The van der Waals surface area contributed by atoms with E-state index in [9.17, 15) is 4.79 Å². The second kappa shape index (κ2) is 8.88.